The van der Waals surface area contributed by atoms with Crippen molar-refractivity contribution in [2.45, 2.75) is 6.54 Å². The van der Waals surface area contributed by atoms with E-state index in [0.29, 0.717) is 23.6 Å². The molecule has 3 aromatic heterocycles. The van der Waals surface area contributed by atoms with Gasteiger partial charge in [0.25, 0.3) is 5.91 Å². The Labute approximate surface area is 202 Å². The lowest BCUT2D eigenvalue weighted by molar-refractivity contribution is 0.0944. The molecule has 2 aromatic carbocycles. The molecule has 0 aliphatic rings. The average Bonchev–Trinajstić information content (AvgIpc) is 3.52. The molecule has 0 saturated heterocycles. The fraction of sp³-hybridized carbons (Fsp3) is 0.154. The molecular weight excluding hydrogens is 444 g/mol. The minimum Gasteiger partial charge on any atom is -0.496 e. The van der Waals surface area contributed by atoms with Crippen molar-refractivity contribution in [3.63, 3.8) is 0 Å². The highest BCUT2D eigenvalue weighted by Gasteiger charge is 2.21. The van der Waals surface area contributed by atoms with Crippen LogP contribution in [0.4, 0.5) is 0 Å². The molecule has 0 saturated carbocycles. The van der Waals surface area contributed by atoms with Crippen molar-refractivity contribution in [2.24, 2.45) is 7.05 Å². The molecule has 1 amide bonds. The molecule has 0 unspecified atom stereocenters. The number of aryl methyl sites for hydroxylation is 1. The van der Waals surface area contributed by atoms with Crippen molar-refractivity contribution in [1.29, 1.82) is 0 Å². The summed E-state index contributed by atoms with van der Waals surface area (Å²) in [5.74, 6) is 0.478. The van der Waals surface area contributed by atoms with E-state index in [2.05, 4.69) is 20.4 Å². The van der Waals surface area contributed by atoms with Gasteiger partial charge in [0.2, 0.25) is 0 Å². The number of nitrogens with zero attached hydrogens (tertiary/aromatic N) is 5. The summed E-state index contributed by atoms with van der Waals surface area (Å²) < 4.78 is 14.9. The summed E-state index contributed by atoms with van der Waals surface area (Å²) in [6, 6.07) is 15.2. The van der Waals surface area contributed by atoms with E-state index in [9.17, 15) is 4.79 Å². The van der Waals surface area contributed by atoms with Gasteiger partial charge in [-0.1, -0.05) is 12.1 Å². The number of amides is 1. The molecule has 9 heteroatoms. The fourth-order valence-corrected chi connectivity index (χ4v) is 3.99. The van der Waals surface area contributed by atoms with Crippen molar-refractivity contribution in [3.05, 3.63) is 84.7 Å². The zero-order chi connectivity index (χ0) is 24.4. The van der Waals surface area contributed by atoms with Crippen LogP contribution in [0.1, 0.15) is 16.1 Å². The van der Waals surface area contributed by atoms with Crippen LogP contribution in [0.2, 0.25) is 0 Å². The summed E-state index contributed by atoms with van der Waals surface area (Å²) in [6.45, 7) is 0.291. The molecule has 5 aromatic rings. The van der Waals surface area contributed by atoms with Gasteiger partial charge in [-0.05, 0) is 29.8 Å². The second-order valence-corrected chi connectivity index (χ2v) is 7.95. The Balaban J connectivity index is 1.49. The van der Waals surface area contributed by atoms with E-state index >= 15 is 0 Å². The van der Waals surface area contributed by atoms with Gasteiger partial charge >= 0.3 is 0 Å². The summed E-state index contributed by atoms with van der Waals surface area (Å²) in [4.78, 5) is 21.9. The van der Waals surface area contributed by atoms with Crippen LogP contribution in [0.15, 0.2) is 73.4 Å². The predicted octanol–water partition coefficient (Wildman–Crippen LogP) is 3.77. The highest BCUT2D eigenvalue weighted by Crippen LogP contribution is 2.34. The molecular formula is C26H24N6O3. The molecule has 0 fully saturated rings. The lowest BCUT2D eigenvalue weighted by atomic mass is 10.1. The van der Waals surface area contributed by atoms with Crippen LogP contribution in [-0.4, -0.2) is 44.4 Å². The van der Waals surface area contributed by atoms with Gasteiger partial charge < -0.3 is 14.8 Å². The first-order valence-corrected chi connectivity index (χ1v) is 11.0. The highest BCUT2D eigenvalue weighted by atomic mass is 16.5. The first-order valence-electron chi connectivity index (χ1n) is 11.0. The average molecular weight is 469 g/mol. The van der Waals surface area contributed by atoms with Crippen molar-refractivity contribution in [3.8, 4) is 28.3 Å². The molecule has 0 bridgehead atoms. The molecule has 0 aliphatic heterocycles. The molecule has 35 heavy (non-hydrogen) atoms. The van der Waals surface area contributed by atoms with E-state index in [-0.39, 0.29) is 5.91 Å². The van der Waals surface area contributed by atoms with Gasteiger partial charge in [0.1, 0.15) is 23.4 Å². The zero-order valence-corrected chi connectivity index (χ0v) is 19.6. The number of methoxy groups -OCH3 is 2. The van der Waals surface area contributed by atoms with E-state index in [1.165, 1.54) is 14.2 Å². The number of carbonyl (C=O) groups excluding carboxylic acids is 1. The van der Waals surface area contributed by atoms with Gasteiger partial charge in [-0.15, -0.1) is 0 Å². The largest absolute Gasteiger partial charge is 0.496 e. The molecule has 3 heterocycles. The number of hydrogen-bond acceptors (Lipinski definition) is 6. The van der Waals surface area contributed by atoms with Crippen LogP contribution < -0.4 is 14.8 Å². The number of carbonyl (C=O) groups is 1. The van der Waals surface area contributed by atoms with E-state index < -0.39 is 0 Å². The van der Waals surface area contributed by atoms with Gasteiger partial charge in [-0.3, -0.25) is 19.0 Å². The van der Waals surface area contributed by atoms with E-state index in [1.807, 2.05) is 60.4 Å². The predicted molar refractivity (Wildman–Crippen MR) is 132 cm³/mol. The summed E-state index contributed by atoms with van der Waals surface area (Å²) >= 11 is 0. The van der Waals surface area contributed by atoms with Crippen LogP contribution in [0.3, 0.4) is 0 Å². The Morgan fingerprint density at radius 3 is 2.46 bits per heavy atom. The summed E-state index contributed by atoms with van der Waals surface area (Å²) in [6.07, 6.45) is 7.22. The van der Waals surface area contributed by atoms with E-state index in [1.54, 1.807) is 29.3 Å². The minimum absolute atomic E-state index is 0.291. The maximum atomic E-state index is 13.0. The fourth-order valence-electron chi connectivity index (χ4n) is 3.99. The van der Waals surface area contributed by atoms with E-state index in [4.69, 9.17) is 9.47 Å². The van der Waals surface area contributed by atoms with Gasteiger partial charge in [-0.25, -0.2) is 4.98 Å². The van der Waals surface area contributed by atoms with Crippen LogP contribution in [0.5, 0.6) is 11.5 Å². The molecule has 1 N–H and O–H groups in total. The standard InChI is InChI=1S/C26H24N6O3/c1-31-15-18(13-30-31)17-7-8-22-21(10-17)29-16-32(22)20-11-23(34-2)25(24(12-20)35-3)26(33)28-14-19-6-4-5-9-27-19/h4-13,15-16H,14H2,1-3H3,(H,28,33). The molecule has 9 nitrogen and oxygen atoms in total. The third kappa shape index (κ3) is 4.31. The first-order chi connectivity index (χ1) is 17.1. The minimum atomic E-state index is -0.312. The quantitative estimate of drug-likeness (QED) is 0.391. The number of imidazole rings is 1. The number of hydrogen-bond donors (Lipinski definition) is 1. The lowest BCUT2D eigenvalue weighted by Gasteiger charge is -2.16. The number of rotatable bonds is 7. The van der Waals surface area contributed by atoms with Crippen molar-refractivity contribution >= 4 is 16.9 Å². The maximum Gasteiger partial charge on any atom is 0.259 e. The molecule has 0 aliphatic carbocycles. The van der Waals surface area contributed by atoms with Gasteiger partial charge in [0.05, 0.1) is 49.4 Å². The van der Waals surface area contributed by atoms with Gasteiger partial charge in [0.15, 0.2) is 0 Å². The number of benzene rings is 2. The normalized spacial score (nSPS) is 10.9. The highest BCUT2D eigenvalue weighted by molar-refractivity contribution is 6.00. The molecule has 5 rings (SSSR count). The molecule has 176 valence electrons. The van der Waals surface area contributed by atoms with Crippen molar-refractivity contribution in [2.75, 3.05) is 14.2 Å². The zero-order valence-electron chi connectivity index (χ0n) is 19.6. The lowest BCUT2D eigenvalue weighted by Crippen LogP contribution is -2.24. The molecule has 0 spiro atoms. The SMILES string of the molecule is COc1cc(-n2cnc3cc(-c4cnn(C)c4)ccc32)cc(OC)c1C(=O)NCc1ccccn1. The smallest absolute Gasteiger partial charge is 0.259 e. The number of fused-ring (bicyclic) bond motifs is 1. The van der Waals surface area contributed by atoms with Crippen LogP contribution in [0, 0.1) is 0 Å². The summed E-state index contributed by atoms with van der Waals surface area (Å²) in [5.41, 5.74) is 5.63. The first kappa shape index (κ1) is 22.1. The Morgan fingerprint density at radius 1 is 1.00 bits per heavy atom. The third-order valence-corrected chi connectivity index (χ3v) is 5.74. The van der Waals surface area contributed by atoms with Crippen molar-refractivity contribution < 1.29 is 14.3 Å². The Bertz CT molecular complexity index is 1480. The van der Waals surface area contributed by atoms with Crippen LogP contribution >= 0.6 is 0 Å². The number of nitrogens with one attached hydrogen (secondary N) is 1. The van der Waals surface area contributed by atoms with Gasteiger partial charge in [-0.2, -0.15) is 5.10 Å². The number of pyridine rings is 1. The Kier molecular flexibility index (Phi) is 5.88. The third-order valence-electron chi connectivity index (χ3n) is 5.74. The molecule has 0 radical (unpaired) electrons. The van der Waals surface area contributed by atoms with Crippen molar-refractivity contribution in [1.82, 2.24) is 29.6 Å². The van der Waals surface area contributed by atoms with E-state index in [0.717, 1.165) is 33.5 Å². The maximum absolute atomic E-state index is 13.0. The second kappa shape index (κ2) is 9.30. The van der Waals surface area contributed by atoms with Crippen LogP contribution in [0.25, 0.3) is 27.8 Å². The number of aromatic nitrogens is 5. The number of ether oxygens (including phenoxy) is 2. The summed E-state index contributed by atoms with van der Waals surface area (Å²) in [7, 11) is 4.95. The summed E-state index contributed by atoms with van der Waals surface area (Å²) in [5, 5.41) is 7.13. The topological polar surface area (TPSA) is 96.1 Å². The van der Waals surface area contributed by atoms with Gasteiger partial charge in [0, 0.05) is 37.1 Å². The molecule has 0 atom stereocenters. The Hall–Kier alpha value is -4.66. The Morgan fingerprint density at radius 2 is 1.80 bits per heavy atom. The monoisotopic (exact) mass is 468 g/mol. The second-order valence-electron chi connectivity index (χ2n) is 7.95. The van der Waals surface area contributed by atoms with Crippen LogP contribution in [-0.2, 0) is 13.6 Å².